The third kappa shape index (κ3) is 3.77. The van der Waals surface area contributed by atoms with Crippen molar-refractivity contribution in [3.05, 3.63) is 71.8 Å². The van der Waals surface area contributed by atoms with Gasteiger partial charge in [-0.3, -0.25) is 9.88 Å². The van der Waals surface area contributed by atoms with Gasteiger partial charge in [-0.1, -0.05) is 12.1 Å². The lowest BCUT2D eigenvalue weighted by atomic mass is 10.0. The summed E-state index contributed by atoms with van der Waals surface area (Å²) in [5.74, 6) is 0.799. The number of hydrogen-bond donors (Lipinski definition) is 1. The summed E-state index contributed by atoms with van der Waals surface area (Å²) in [5.41, 5.74) is 3.24. The first-order chi connectivity index (χ1) is 13.6. The largest absolute Gasteiger partial charge is 0.504 e. The summed E-state index contributed by atoms with van der Waals surface area (Å²) in [6.45, 7) is 2.03. The van der Waals surface area contributed by atoms with E-state index < -0.39 is 0 Å². The molecule has 28 heavy (non-hydrogen) atoms. The molecule has 0 radical (unpaired) electrons. The van der Waals surface area contributed by atoms with Crippen molar-refractivity contribution < 1.29 is 19.0 Å². The van der Waals surface area contributed by atoms with Crippen LogP contribution >= 0.6 is 0 Å². The van der Waals surface area contributed by atoms with E-state index in [0.29, 0.717) is 43.3 Å². The minimum atomic E-state index is -0.295. The van der Waals surface area contributed by atoms with Crippen molar-refractivity contribution in [1.82, 2.24) is 9.88 Å². The van der Waals surface area contributed by atoms with Gasteiger partial charge >= 0.3 is 0 Å². The molecule has 3 aromatic rings. The molecular formula is C22H21FN2O3. The van der Waals surface area contributed by atoms with Crippen LogP contribution in [0, 0.1) is 5.82 Å². The fourth-order valence-corrected chi connectivity index (χ4v) is 3.41. The van der Waals surface area contributed by atoms with Crippen LogP contribution in [0.4, 0.5) is 4.39 Å². The van der Waals surface area contributed by atoms with Gasteiger partial charge in [0.15, 0.2) is 11.5 Å². The summed E-state index contributed by atoms with van der Waals surface area (Å²) in [4.78, 5) is 6.24. The number of aromatic nitrogens is 1. The van der Waals surface area contributed by atoms with Crippen molar-refractivity contribution in [2.24, 2.45) is 0 Å². The Morgan fingerprint density at radius 2 is 2.11 bits per heavy atom. The molecule has 1 aliphatic rings. The lowest BCUT2D eigenvalue weighted by Gasteiger charge is -2.20. The van der Waals surface area contributed by atoms with Crippen molar-refractivity contribution in [2.75, 3.05) is 20.3 Å². The number of nitrogens with zero attached hydrogens (tertiary/aromatic N) is 2. The SMILES string of the molecule is COc1ccc(CN2CCOc3c(O)cc(-c4cccnc4)cc3C2)c(F)c1. The van der Waals surface area contributed by atoms with Gasteiger partial charge in [-0.05, 0) is 29.8 Å². The maximum Gasteiger partial charge on any atom is 0.165 e. The van der Waals surface area contributed by atoms with Crippen LogP contribution in [0.1, 0.15) is 11.1 Å². The number of hydrogen-bond acceptors (Lipinski definition) is 5. The highest BCUT2D eigenvalue weighted by atomic mass is 19.1. The van der Waals surface area contributed by atoms with Gasteiger partial charge in [-0.15, -0.1) is 0 Å². The van der Waals surface area contributed by atoms with Gasteiger partial charge in [0.1, 0.15) is 18.2 Å². The Morgan fingerprint density at radius 1 is 1.21 bits per heavy atom. The van der Waals surface area contributed by atoms with Crippen LogP contribution in [-0.2, 0) is 13.1 Å². The number of halogens is 1. The number of benzene rings is 2. The van der Waals surface area contributed by atoms with Crippen molar-refractivity contribution in [3.63, 3.8) is 0 Å². The van der Waals surface area contributed by atoms with Gasteiger partial charge in [-0.25, -0.2) is 4.39 Å². The van der Waals surface area contributed by atoms with Gasteiger partial charge in [0.2, 0.25) is 0 Å². The van der Waals surface area contributed by atoms with Crippen LogP contribution in [-0.4, -0.2) is 35.3 Å². The van der Waals surface area contributed by atoms with Gasteiger partial charge in [0.25, 0.3) is 0 Å². The predicted molar refractivity (Wildman–Crippen MR) is 104 cm³/mol. The summed E-state index contributed by atoms with van der Waals surface area (Å²) in [7, 11) is 1.52. The zero-order valence-corrected chi connectivity index (χ0v) is 15.6. The van der Waals surface area contributed by atoms with E-state index >= 15 is 0 Å². The second-order valence-electron chi connectivity index (χ2n) is 6.74. The molecule has 1 N–H and O–H groups in total. The Labute approximate surface area is 163 Å². The summed E-state index contributed by atoms with van der Waals surface area (Å²) in [6.07, 6.45) is 3.46. The summed E-state index contributed by atoms with van der Waals surface area (Å²) >= 11 is 0. The molecule has 4 rings (SSSR count). The molecule has 0 fully saturated rings. The highest BCUT2D eigenvalue weighted by molar-refractivity contribution is 5.68. The number of ether oxygens (including phenoxy) is 2. The molecular weight excluding hydrogens is 359 g/mol. The van der Waals surface area contributed by atoms with Crippen molar-refractivity contribution in [3.8, 4) is 28.4 Å². The molecule has 0 saturated heterocycles. The first-order valence-electron chi connectivity index (χ1n) is 9.08. The quantitative estimate of drug-likeness (QED) is 0.742. The van der Waals surface area contributed by atoms with E-state index in [1.165, 1.54) is 13.2 Å². The van der Waals surface area contributed by atoms with E-state index in [1.54, 1.807) is 30.6 Å². The molecule has 5 nitrogen and oxygen atoms in total. The highest BCUT2D eigenvalue weighted by Gasteiger charge is 2.21. The highest BCUT2D eigenvalue weighted by Crippen LogP contribution is 2.37. The monoisotopic (exact) mass is 380 g/mol. The minimum Gasteiger partial charge on any atom is -0.504 e. The van der Waals surface area contributed by atoms with Crippen molar-refractivity contribution in [2.45, 2.75) is 13.1 Å². The van der Waals surface area contributed by atoms with Crippen LogP contribution < -0.4 is 9.47 Å². The molecule has 2 heterocycles. The Bertz CT molecular complexity index is 979. The Balaban J connectivity index is 1.61. The molecule has 0 bridgehead atoms. The first kappa shape index (κ1) is 18.3. The minimum absolute atomic E-state index is 0.105. The lowest BCUT2D eigenvalue weighted by Crippen LogP contribution is -2.25. The molecule has 6 heteroatoms. The van der Waals surface area contributed by atoms with Crippen molar-refractivity contribution in [1.29, 1.82) is 0 Å². The zero-order valence-electron chi connectivity index (χ0n) is 15.6. The summed E-state index contributed by atoms with van der Waals surface area (Å²) < 4.78 is 25.2. The maximum absolute atomic E-state index is 14.4. The van der Waals surface area contributed by atoms with Gasteiger partial charge in [0.05, 0.1) is 7.11 Å². The number of phenolic OH excluding ortho intramolecular Hbond substituents is 1. The molecule has 2 aromatic carbocycles. The molecule has 0 saturated carbocycles. The molecule has 1 aromatic heterocycles. The molecule has 144 valence electrons. The Morgan fingerprint density at radius 3 is 2.86 bits per heavy atom. The second kappa shape index (κ2) is 7.86. The molecule has 1 aliphatic heterocycles. The van der Waals surface area contributed by atoms with Crippen molar-refractivity contribution >= 4 is 0 Å². The third-order valence-corrected chi connectivity index (χ3v) is 4.84. The van der Waals surface area contributed by atoms with Gasteiger partial charge < -0.3 is 14.6 Å². The fourth-order valence-electron chi connectivity index (χ4n) is 3.41. The third-order valence-electron chi connectivity index (χ3n) is 4.84. The average Bonchev–Trinajstić information content (AvgIpc) is 2.92. The number of methoxy groups -OCH3 is 1. The smallest absolute Gasteiger partial charge is 0.165 e. The Kier molecular flexibility index (Phi) is 5.12. The van der Waals surface area contributed by atoms with Gasteiger partial charge in [0, 0.05) is 54.8 Å². The molecule has 0 spiro atoms. The normalized spacial score (nSPS) is 14.1. The van der Waals surface area contributed by atoms with E-state index in [-0.39, 0.29) is 11.6 Å². The van der Waals surface area contributed by atoms with E-state index in [1.807, 2.05) is 18.2 Å². The lowest BCUT2D eigenvalue weighted by molar-refractivity contribution is 0.215. The van der Waals surface area contributed by atoms with Gasteiger partial charge in [-0.2, -0.15) is 0 Å². The fraction of sp³-hybridized carbons (Fsp3) is 0.227. The van der Waals surface area contributed by atoms with E-state index in [2.05, 4.69) is 9.88 Å². The molecule has 0 amide bonds. The summed E-state index contributed by atoms with van der Waals surface area (Å²) in [5, 5.41) is 10.5. The topological polar surface area (TPSA) is 54.8 Å². The number of phenols is 1. The van der Waals surface area contributed by atoms with E-state index in [9.17, 15) is 9.50 Å². The van der Waals surface area contributed by atoms with Crippen LogP contribution in [0.2, 0.25) is 0 Å². The number of rotatable bonds is 4. The average molecular weight is 380 g/mol. The molecule has 0 aliphatic carbocycles. The van der Waals surface area contributed by atoms with Crippen LogP contribution in [0.3, 0.4) is 0 Å². The van der Waals surface area contributed by atoms with Crippen LogP contribution in [0.25, 0.3) is 11.1 Å². The van der Waals surface area contributed by atoms with Crippen LogP contribution in [0.5, 0.6) is 17.2 Å². The number of fused-ring (bicyclic) bond motifs is 1. The standard InChI is InChI=1S/C22H21FN2O3/c1-27-19-5-4-16(20(23)11-19)13-25-7-8-28-22-18(14-25)9-17(10-21(22)26)15-3-2-6-24-12-15/h2-6,9-12,26H,7-8,13-14H2,1H3. The first-order valence-corrected chi connectivity index (χ1v) is 9.08. The van der Waals surface area contributed by atoms with E-state index in [4.69, 9.17) is 9.47 Å². The maximum atomic E-state index is 14.4. The zero-order chi connectivity index (χ0) is 19.5. The predicted octanol–water partition coefficient (Wildman–Crippen LogP) is 4.00. The van der Waals surface area contributed by atoms with Crippen LogP contribution in [0.15, 0.2) is 54.9 Å². The number of pyridine rings is 1. The summed E-state index contributed by atoms with van der Waals surface area (Å²) in [6, 6.07) is 12.4. The molecule has 0 atom stereocenters. The number of aromatic hydroxyl groups is 1. The Hall–Kier alpha value is -3.12. The molecule has 0 unspecified atom stereocenters. The van der Waals surface area contributed by atoms with E-state index in [0.717, 1.165) is 16.7 Å². The second-order valence-corrected chi connectivity index (χ2v) is 6.74.